The van der Waals surface area contributed by atoms with Crippen LogP contribution in [0, 0.1) is 5.82 Å². The van der Waals surface area contributed by atoms with Gasteiger partial charge in [-0.25, -0.2) is 14.0 Å². The minimum absolute atomic E-state index is 0.0552. The first kappa shape index (κ1) is 28.6. The first-order valence-electron chi connectivity index (χ1n) is 12.4. The van der Waals surface area contributed by atoms with E-state index in [1.54, 1.807) is 23.6 Å². The number of hydrogen-bond donors (Lipinski definition) is 1. The zero-order valence-corrected chi connectivity index (χ0v) is 21.5. The lowest BCUT2D eigenvalue weighted by molar-refractivity contribution is -0.133. The zero-order chi connectivity index (χ0) is 27.7. The van der Waals surface area contributed by atoms with Crippen molar-refractivity contribution >= 4 is 23.8 Å². The average molecular weight is 530 g/mol. The predicted molar refractivity (Wildman–Crippen MR) is 135 cm³/mol. The fraction of sp³-hybridized carbons (Fsp3) is 0.407. The van der Waals surface area contributed by atoms with Gasteiger partial charge in [0.1, 0.15) is 18.2 Å². The first-order chi connectivity index (χ1) is 18.2. The zero-order valence-electron chi connectivity index (χ0n) is 21.5. The van der Waals surface area contributed by atoms with Crippen molar-refractivity contribution in [3.63, 3.8) is 0 Å². The van der Waals surface area contributed by atoms with E-state index in [0.717, 1.165) is 0 Å². The third-order valence-electron chi connectivity index (χ3n) is 5.84. The van der Waals surface area contributed by atoms with Crippen LogP contribution >= 0.6 is 0 Å². The van der Waals surface area contributed by atoms with E-state index in [-0.39, 0.29) is 73.7 Å². The molecule has 2 amide bonds. The maximum Gasteiger partial charge on any atom is 0.338 e. The minimum Gasteiger partial charge on any atom is -0.492 e. The number of hydrogen-bond acceptors (Lipinski definition) is 8. The number of esters is 2. The largest absolute Gasteiger partial charge is 0.492 e. The summed E-state index contributed by atoms with van der Waals surface area (Å²) < 4.78 is 28.6. The van der Waals surface area contributed by atoms with Gasteiger partial charge in [-0.15, -0.1) is 0 Å². The quantitative estimate of drug-likeness (QED) is 0.464. The molecule has 2 aromatic carbocycles. The molecule has 1 saturated heterocycles. The lowest BCUT2D eigenvalue weighted by Crippen LogP contribution is -2.51. The molecule has 1 heterocycles. The van der Waals surface area contributed by atoms with Gasteiger partial charge in [0, 0.05) is 44.2 Å². The van der Waals surface area contributed by atoms with Crippen LogP contribution < -0.4 is 10.5 Å². The predicted octanol–water partition coefficient (Wildman–Crippen LogP) is 2.26. The fourth-order valence-electron chi connectivity index (χ4n) is 3.90. The Balaban J connectivity index is 1.58. The Labute approximate surface area is 220 Å². The van der Waals surface area contributed by atoms with Crippen LogP contribution in [0.25, 0.3) is 0 Å². The summed E-state index contributed by atoms with van der Waals surface area (Å²) >= 11 is 0. The van der Waals surface area contributed by atoms with Crippen LogP contribution in [0.5, 0.6) is 5.75 Å². The Kier molecular flexibility index (Phi) is 10.2. The Hall–Kier alpha value is -3.99. The van der Waals surface area contributed by atoms with Gasteiger partial charge in [0.2, 0.25) is 5.91 Å². The van der Waals surface area contributed by atoms with Gasteiger partial charge < -0.3 is 29.7 Å². The summed E-state index contributed by atoms with van der Waals surface area (Å²) in [5.41, 5.74) is 6.35. The van der Waals surface area contributed by atoms with E-state index in [1.807, 2.05) is 0 Å². The lowest BCUT2D eigenvalue weighted by Gasteiger charge is -2.35. The van der Waals surface area contributed by atoms with Crippen LogP contribution in [-0.2, 0) is 14.3 Å². The van der Waals surface area contributed by atoms with Gasteiger partial charge >= 0.3 is 11.9 Å². The number of piperazine rings is 1. The highest BCUT2D eigenvalue weighted by atomic mass is 19.1. The summed E-state index contributed by atoms with van der Waals surface area (Å²) in [5, 5.41) is 0. The molecular weight excluding hydrogens is 497 g/mol. The number of nitrogens with two attached hydrogens (primary N) is 1. The molecular formula is C27H32FN3O7. The van der Waals surface area contributed by atoms with Gasteiger partial charge in [0.05, 0.1) is 24.3 Å². The summed E-state index contributed by atoms with van der Waals surface area (Å²) in [6.07, 6.45) is 0.0552. The lowest BCUT2D eigenvalue weighted by atomic mass is 10.0. The molecule has 1 atom stereocenters. The van der Waals surface area contributed by atoms with E-state index >= 15 is 0 Å². The van der Waals surface area contributed by atoms with Crippen LogP contribution in [-0.4, -0.2) is 85.6 Å². The standard InChI is InChI=1S/C27H32FN3O7/c1-3-36-26(34)19-13-18(14-20(15-19)27(35)37-4-2)25(33)31-11-9-30(10-12-31)24(32)16-22(29)17-38-23-7-5-21(28)6-8-23/h5-8,13-15,22H,3-4,9-12,16-17,29H2,1-2H3/t22-/m0/s1. The van der Waals surface area contributed by atoms with Gasteiger partial charge in [0.15, 0.2) is 0 Å². The highest BCUT2D eigenvalue weighted by Crippen LogP contribution is 2.17. The van der Waals surface area contributed by atoms with Crippen LogP contribution in [0.3, 0.4) is 0 Å². The molecule has 10 nitrogen and oxygen atoms in total. The number of amides is 2. The smallest absolute Gasteiger partial charge is 0.338 e. The maximum atomic E-state index is 13.2. The normalized spacial score (nSPS) is 14.0. The summed E-state index contributed by atoms with van der Waals surface area (Å²) in [7, 11) is 0. The second-order valence-electron chi connectivity index (χ2n) is 8.64. The molecule has 11 heteroatoms. The molecule has 0 aromatic heterocycles. The molecule has 0 aliphatic carbocycles. The Bertz CT molecular complexity index is 1110. The van der Waals surface area contributed by atoms with E-state index in [0.29, 0.717) is 18.8 Å². The van der Waals surface area contributed by atoms with Crippen LogP contribution in [0.15, 0.2) is 42.5 Å². The molecule has 3 rings (SSSR count). The Morgan fingerprint density at radius 1 is 0.842 bits per heavy atom. The summed E-state index contributed by atoms with van der Waals surface area (Å²) in [5.74, 6) is -1.76. The number of rotatable bonds is 10. The molecule has 204 valence electrons. The Morgan fingerprint density at radius 3 is 1.87 bits per heavy atom. The number of nitrogens with zero attached hydrogens (tertiary/aromatic N) is 2. The number of carbonyl (C=O) groups is 4. The van der Waals surface area contributed by atoms with Gasteiger partial charge in [-0.05, 0) is 56.3 Å². The first-order valence-corrected chi connectivity index (χ1v) is 12.4. The molecule has 0 bridgehead atoms. The molecule has 2 aromatic rings. The van der Waals surface area contributed by atoms with Crippen molar-refractivity contribution in [1.82, 2.24) is 9.80 Å². The Morgan fingerprint density at radius 2 is 1.34 bits per heavy atom. The monoisotopic (exact) mass is 529 g/mol. The molecule has 2 N–H and O–H groups in total. The van der Waals surface area contributed by atoms with Crippen LogP contribution in [0.2, 0.25) is 0 Å². The van der Waals surface area contributed by atoms with E-state index in [1.165, 1.54) is 42.5 Å². The third kappa shape index (κ3) is 7.75. The van der Waals surface area contributed by atoms with Gasteiger partial charge in [-0.1, -0.05) is 0 Å². The van der Waals surface area contributed by atoms with Crippen LogP contribution in [0.4, 0.5) is 4.39 Å². The maximum absolute atomic E-state index is 13.2. The van der Waals surface area contributed by atoms with Gasteiger partial charge in [0.25, 0.3) is 5.91 Å². The number of benzene rings is 2. The van der Waals surface area contributed by atoms with E-state index in [2.05, 4.69) is 0 Å². The number of carbonyl (C=O) groups excluding carboxylic acids is 4. The topological polar surface area (TPSA) is 128 Å². The molecule has 0 spiro atoms. The second kappa shape index (κ2) is 13.5. The van der Waals surface area contributed by atoms with Crippen molar-refractivity contribution in [2.45, 2.75) is 26.3 Å². The fourth-order valence-corrected chi connectivity index (χ4v) is 3.90. The average Bonchev–Trinajstić information content (AvgIpc) is 2.92. The number of ether oxygens (including phenoxy) is 3. The summed E-state index contributed by atoms with van der Waals surface area (Å²) in [4.78, 5) is 53.7. The molecule has 0 unspecified atom stereocenters. The highest BCUT2D eigenvalue weighted by Gasteiger charge is 2.27. The molecule has 38 heavy (non-hydrogen) atoms. The molecule has 1 fully saturated rings. The molecule has 1 aliphatic heterocycles. The molecule has 1 aliphatic rings. The number of halogens is 1. The third-order valence-corrected chi connectivity index (χ3v) is 5.84. The van der Waals surface area contributed by atoms with Crippen molar-refractivity contribution in [3.8, 4) is 5.75 Å². The minimum atomic E-state index is -0.650. The van der Waals surface area contributed by atoms with Crippen molar-refractivity contribution in [1.29, 1.82) is 0 Å². The van der Waals surface area contributed by atoms with Gasteiger partial charge in [-0.3, -0.25) is 9.59 Å². The SMILES string of the molecule is CCOC(=O)c1cc(C(=O)OCC)cc(C(=O)N2CCN(C(=O)C[C@H](N)COc3ccc(F)cc3)CC2)c1. The second-order valence-corrected chi connectivity index (χ2v) is 8.64. The van der Waals surface area contributed by atoms with Crippen molar-refractivity contribution in [2.24, 2.45) is 5.73 Å². The van der Waals surface area contributed by atoms with Crippen LogP contribution in [0.1, 0.15) is 51.3 Å². The highest BCUT2D eigenvalue weighted by molar-refractivity contribution is 6.02. The van der Waals surface area contributed by atoms with Gasteiger partial charge in [-0.2, -0.15) is 0 Å². The molecule has 0 saturated carbocycles. The van der Waals surface area contributed by atoms with Crippen molar-refractivity contribution in [2.75, 3.05) is 46.0 Å². The van der Waals surface area contributed by atoms with Crippen molar-refractivity contribution in [3.05, 3.63) is 65.0 Å². The van der Waals surface area contributed by atoms with E-state index in [4.69, 9.17) is 19.9 Å². The van der Waals surface area contributed by atoms with Crippen molar-refractivity contribution < 1.29 is 37.8 Å². The summed E-state index contributed by atoms with van der Waals surface area (Å²) in [6.45, 7) is 4.84. The van der Waals surface area contributed by atoms with E-state index in [9.17, 15) is 23.6 Å². The molecule has 0 radical (unpaired) electrons. The van der Waals surface area contributed by atoms with E-state index < -0.39 is 18.0 Å². The summed E-state index contributed by atoms with van der Waals surface area (Å²) in [6, 6.07) is 9.08.